The molecule has 1 aromatic heterocycles. The third kappa shape index (κ3) is 3.19. The van der Waals surface area contributed by atoms with Crippen LogP contribution in [0.15, 0.2) is 6.20 Å². The summed E-state index contributed by atoms with van der Waals surface area (Å²) in [7, 11) is 1.55. The monoisotopic (exact) mass is 314 g/mol. The molecule has 0 saturated carbocycles. The molecule has 0 bridgehead atoms. The van der Waals surface area contributed by atoms with Crippen LogP contribution < -0.4 is 5.32 Å². The zero-order valence-electron chi connectivity index (χ0n) is 12.0. The van der Waals surface area contributed by atoms with E-state index in [4.69, 9.17) is 11.6 Å². The second-order valence-corrected chi connectivity index (χ2v) is 5.48. The molecule has 0 unspecified atom stereocenters. The van der Waals surface area contributed by atoms with E-state index in [-0.39, 0.29) is 30.7 Å². The average Bonchev–Trinajstić information content (AvgIpc) is 3.01. The van der Waals surface area contributed by atoms with Crippen molar-refractivity contribution in [1.29, 1.82) is 0 Å². The Kier molecular flexibility index (Phi) is 4.84. The molecule has 116 valence electrons. The molecule has 0 radical (unpaired) electrons. The van der Waals surface area contributed by atoms with Crippen molar-refractivity contribution < 1.29 is 14.7 Å². The first kappa shape index (κ1) is 15.8. The van der Waals surface area contributed by atoms with Crippen molar-refractivity contribution >= 4 is 23.4 Å². The Morgan fingerprint density at radius 2 is 2.24 bits per heavy atom. The number of rotatable bonds is 4. The van der Waals surface area contributed by atoms with E-state index in [9.17, 15) is 14.7 Å². The molecule has 1 saturated heterocycles. The van der Waals surface area contributed by atoms with Crippen LogP contribution in [0.3, 0.4) is 0 Å². The van der Waals surface area contributed by atoms with Gasteiger partial charge in [0.05, 0.1) is 17.3 Å². The second-order valence-electron chi connectivity index (χ2n) is 5.07. The lowest BCUT2D eigenvalue weighted by Crippen LogP contribution is -2.32. The molecule has 0 aromatic carbocycles. The van der Waals surface area contributed by atoms with E-state index in [1.54, 1.807) is 7.05 Å². The molecule has 1 aliphatic rings. The van der Waals surface area contributed by atoms with Gasteiger partial charge < -0.3 is 15.3 Å². The predicted octanol–water partition coefficient (Wildman–Crippen LogP) is 0.125. The Hall–Kier alpha value is -1.60. The zero-order valence-corrected chi connectivity index (χ0v) is 12.8. The fourth-order valence-electron chi connectivity index (χ4n) is 2.53. The van der Waals surface area contributed by atoms with Gasteiger partial charge in [0, 0.05) is 39.0 Å². The maximum atomic E-state index is 12.5. The molecule has 0 aliphatic carbocycles. The van der Waals surface area contributed by atoms with Crippen LogP contribution in [-0.2, 0) is 11.3 Å². The van der Waals surface area contributed by atoms with E-state index in [0.29, 0.717) is 23.8 Å². The van der Waals surface area contributed by atoms with Crippen molar-refractivity contribution in [3.05, 3.63) is 16.9 Å². The number of likely N-dealkylation sites (tertiary alicyclic amines) is 1. The van der Waals surface area contributed by atoms with Gasteiger partial charge in [0.25, 0.3) is 5.91 Å². The van der Waals surface area contributed by atoms with Crippen molar-refractivity contribution in [3.8, 4) is 0 Å². The van der Waals surface area contributed by atoms with Crippen LogP contribution in [0.1, 0.15) is 23.8 Å². The highest BCUT2D eigenvalue weighted by Crippen LogP contribution is 2.24. The maximum absolute atomic E-state index is 12.5. The summed E-state index contributed by atoms with van der Waals surface area (Å²) < 4.78 is 1.53. The van der Waals surface area contributed by atoms with Crippen LogP contribution in [0.2, 0.25) is 5.02 Å². The SMILES string of the molecule is CCn1ncc(Cl)c1C(=O)N1C[C@H](CC(=O)NC)[C@@H](O)C1. The fraction of sp³-hybridized carbons (Fsp3) is 0.615. The Balaban J connectivity index is 2.11. The normalized spacial score (nSPS) is 21.6. The van der Waals surface area contributed by atoms with Gasteiger partial charge in [0.2, 0.25) is 5.91 Å². The van der Waals surface area contributed by atoms with Gasteiger partial charge in [-0.3, -0.25) is 14.3 Å². The molecule has 8 heteroatoms. The molecule has 2 heterocycles. The highest BCUT2D eigenvalue weighted by atomic mass is 35.5. The molecular formula is C13H19ClN4O3. The predicted molar refractivity (Wildman–Crippen MR) is 77.0 cm³/mol. The number of aromatic nitrogens is 2. The van der Waals surface area contributed by atoms with Crippen LogP contribution in [0.4, 0.5) is 0 Å². The molecular weight excluding hydrogens is 296 g/mol. The quantitative estimate of drug-likeness (QED) is 0.826. The largest absolute Gasteiger partial charge is 0.391 e. The summed E-state index contributed by atoms with van der Waals surface area (Å²) in [6.07, 6.45) is 0.928. The highest BCUT2D eigenvalue weighted by molar-refractivity contribution is 6.33. The first-order chi connectivity index (χ1) is 9.97. The molecule has 7 nitrogen and oxygen atoms in total. The van der Waals surface area contributed by atoms with Crippen molar-refractivity contribution in [2.24, 2.45) is 5.92 Å². The molecule has 1 fully saturated rings. The molecule has 0 spiro atoms. The van der Waals surface area contributed by atoms with Crippen LogP contribution in [0.5, 0.6) is 0 Å². The van der Waals surface area contributed by atoms with Gasteiger partial charge >= 0.3 is 0 Å². The summed E-state index contributed by atoms with van der Waals surface area (Å²) in [5.41, 5.74) is 0.326. The smallest absolute Gasteiger partial charge is 0.273 e. The first-order valence-corrected chi connectivity index (χ1v) is 7.24. The lowest BCUT2D eigenvalue weighted by atomic mass is 10.0. The topological polar surface area (TPSA) is 87.5 Å². The van der Waals surface area contributed by atoms with Gasteiger partial charge in [-0.05, 0) is 6.92 Å². The van der Waals surface area contributed by atoms with Crippen LogP contribution in [-0.4, -0.2) is 57.8 Å². The number of nitrogens with zero attached hydrogens (tertiary/aromatic N) is 3. The number of halogens is 1. The molecule has 2 N–H and O–H groups in total. The van der Waals surface area contributed by atoms with Crippen LogP contribution in [0.25, 0.3) is 0 Å². The van der Waals surface area contributed by atoms with Crippen LogP contribution in [0, 0.1) is 5.92 Å². The number of aliphatic hydroxyl groups excluding tert-OH is 1. The van der Waals surface area contributed by atoms with E-state index in [1.807, 2.05) is 6.92 Å². The summed E-state index contributed by atoms with van der Waals surface area (Å²) >= 11 is 6.02. The minimum absolute atomic E-state index is 0.148. The molecule has 2 rings (SSSR count). The fourth-order valence-corrected chi connectivity index (χ4v) is 2.75. The Morgan fingerprint density at radius 3 is 2.86 bits per heavy atom. The molecule has 1 aromatic rings. The van der Waals surface area contributed by atoms with E-state index in [2.05, 4.69) is 10.4 Å². The second kappa shape index (κ2) is 6.44. The average molecular weight is 315 g/mol. The van der Waals surface area contributed by atoms with E-state index < -0.39 is 6.10 Å². The molecule has 2 atom stereocenters. The number of nitrogens with one attached hydrogen (secondary N) is 1. The standard InChI is InChI=1S/C13H19ClN4O3/c1-3-18-12(9(14)5-16-18)13(21)17-6-8(10(19)7-17)4-11(20)15-2/h5,8,10,19H,3-4,6-7H2,1-2H3,(H,15,20)/t8-,10-/m0/s1. The van der Waals surface area contributed by atoms with Gasteiger partial charge in [-0.1, -0.05) is 11.6 Å². The number of hydrogen-bond donors (Lipinski definition) is 2. The Bertz CT molecular complexity index is 546. The van der Waals surface area contributed by atoms with Gasteiger partial charge in [-0.2, -0.15) is 5.10 Å². The number of aryl methyl sites for hydroxylation is 1. The zero-order chi connectivity index (χ0) is 15.6. The lowest BCUT2D eigenvalue weighted by Gasteiger charge is -2.16. The van der Waals surface area contributed by atoms with Gasteiger partial charge in [0.15, 0.2) is 0 Å². The number of amides is 2. The van der Waals surface area contributed by atoms with Crippen molar-refractivity contribution in [2.75, 3.05) is 20.1 Å². The first-order valence-electron chi connectivity index (χ1n) is 6.87. The third-order valence-corrected chi connectivity index (χ3v) is 3.99. The third-order valence-electron chi connectivity index (χ3n) is 3.72. The van der Waals surface area contributed by atoms with Crippen molar-refractivity contribution in [2.45, 2.75) is 26.0 Å². The van der Waals surface area contributed by atoms with Crippen molar-refractivity contribution in [1.82, 2.24) is 20.0 Å². The number of carbonyl (C=O) groups is 2. The minimum Gasteiger partial charge on any atom is -0.391 e. The number of β-amino-alcohol motifs (C(OH)–C–C–N with tert-alkyl or cyclic N) is 1. The van der Waals surface area contributed by atoms with Crippen molar-refractivity contribution in [3.63, 3.8) is 0 Å². The van der Waals surface area contributed by atoms with Gasteiger partial charge in [0.1, 0.15) is 5.69 Å². The Morgan fingerprint density at radius 1 is 1.52 bits per heavy atom. The Labute approximate surface area is 127 Å². The molecule has 1 aliphatic heterocycles. The van der Waals surface area contributed by atoms with E-state index >= 15 is 0 Å². The highest BCUT2D eigenvalue weighted by Gasteiger charge is 2.36. The summed E-state index contributed by atoms with van der Waals surface area (Å²) in [4.78, 5) is 25.5. The molecule has 21 heavy (non-hydrogen) atoms. The molecule has 2 amide bonds. The number of carbonyl (C=O) groups excluding carboxylic acids is 2. The van der Waals surface area contributed by atoms with Gasteiger partial charge in [-0.25, -0.2) is 0 Å². The maximum Gasteiger partial charge on any atom is 0.273 e. The van der Waals surface area contributed by atoms with Gasteiger partial charge in [-0.15, -0.1) is 0 Å². The summed E-state index contributed by atoms with van der Waals surface area (Å²) in [5.74, 6) is -0.673. The van der Waals surface area contributed by atoms with Crippen LogP contribution >= 0.6 is 11.6 Å². The van der Waals surface area contributed by atoms with E-state index in [0.717, 1.165) is 0 Å². The lowest BCUT2D eigenvalue weighted by molar-refractivity contribution is -0.122. The number of aliphatic hydroxyl groups is 1. The van der Waals surface area contributed by atoms with E-state index in [1.165, 1.54) is 15.8 Å². The summed E-state index contributed by atoms with van der Waals surface area (Å²) in [6, 6.07) is 0. The minimum atomic E-state index is -0.706. The summed E-state index contributed by atoms with van der Waals surface area (Å²) in [5, 5.41) is 16.9. The summed E-state index contributed by atoms with van der Waals surface area (Å²) in [6.45, 7) is 2.93. The number of hydrogen-bond acceptors (Lipinski definition) is 4.